The summed E-state index contributed by atoms with van der Waals surface area (Å²) in [6.45, 7) is 0.0876. The number of para-hydroxylation sites is 1. The predicted molar refractivity (Wildman–Crippen MR) is 131 cm³/mol. The minimum Gasteiger partial charge on any atom is -0.486 e. The number of carbonyl (C=O) groups is 1. The third kappa shape index (κ3) is 4.91. The van der Waals surface area contributed by atoms with Crippen LogP contribution in [-0.4, -0.2) is 41.3 Å². The van der Waals surface area contributed by atoms with Gasteiger partial charge < -0.3 is 15.2 Å². The van der Waals surface area contributed by atoms with Gasteiger partial charge in [0.05, 0.1) is 12.6 Å². The van der Waals surface area contributed by atoms with Crippen molar-refractivity contribution in [2.75, 3.05) is 14.2 Å². The number of carbonyl (C=O) groups excluding carboxylic acids is 1. The van der Waals surface area contributed by atoms with Crippen LogP contribution in [0, 0.1) is 0 Å². The van der Waals surface area contributed by atoms with E-state index in [1.54, 1.807) is 31.7 Å². The number of aromatic nitrogens is 3. The van der Waals surface area contributed by atoms with E-state index in [2.05, 4.69) is 19.9 Å². The molecular weight excluding hydrogens is 430 g/mol. The van der Waals surface area contributed by atoms with Gasteiger partial charge in [-0.2, -0.15) is 0 Å². The van der Waals surface area contributed by atoms with Crippen LogP contribution in [0.3, 0.4) is 0 Å². The molecule has 0 fully saturated rings. The number of hydrogen-bond donors (Lipinski definition) is 1. The maximum Gasteiger partial charge on any atom is 0.357 e. The summed E-state index contributed by atoms with van der Waals surface area (Å²) >= 11 is 0. The Bertz CT molecular complexity index is 1370. The smallest absolute Gasteiger partial charge is 0.357 e. The van der Waals surface area contributed by atoms with Crippen molar-refractivity contribution >= 4 is 34.4 Å². The summed E-state index contributed by atoms with van der Waals surface area (Å²) in [7, 11) is 3.02. The largest absolute Gasteiger partial charge is 0.486 e. The third-order valence-corrected chi connectivity index (χ3v) is 5.10. The molecule has 4 rings (SSSR count). The summed E-state index contributed by atoms with van der Waals surface area (Å²) in [5.41, 5.74) is 10.4. The molecule has 0 radical (unpaired) electrons. The average molecular weight is 454 g/mol. The van der Waals surface area contributed by atoms with Crippen LogP contribution < -0.4 is 10.5 Å². The van der Waals surface area contributed by atoms with Crippen molar-refractivity contribution in [3.63, 3.8) is 0 Å². The molecule has 170 valence electrons. The first-order chi connectivity index (χ1) is 16.6. The molecule has 0 saturated heterocycles. The van der Waals surface area contributed by atoms with Gasteiger partial charge in [-0.25, -0.2) is 14.8 Å². The number of benzene rings is 2. The Hall–Kier alpha value is -4.59. The number of methoxy groups -OCH3 is 1. The Balaban J connectivity index is 1.56. The Labute approximate surface area is 196 Å². The van der Waals surface area contributed by atoms with Crippen molar-refractivity contribution in [3.05, 3.63) is 95.7 Å². The number of pyridine rings is 1. The highest BCUT2D eigenvalue weighted by Crippen LogP contribution is 2.24. The first-order valence-electron chi connectivity index (χ1n) is 10.5. The first-order valence-corrected chi connectivity index (χ1v) is 10.5. The zero-order valence-corrected chi connectivity index (χ0v) is 18.8. The molecule has 0 unspecified atom stereocenters. The van der Waals surface area contributed by atoms with E-state index in [0.29, 0.717) is 28.2 Å². The number of allylic oxidation sites excluding steroid dienone is 1. The molecule has 2 N–H and O–H groups in total. The van der Waals surface area contributed by atoms with Gasteiger partial charge >= 0.3 is 5.97 Å². The number of fused-ring (bicyclic) bond motifs is 1. The lowest BCUT2D eigenvalue weighted by molar-refractivity contribution is 0.0595. The SMILES string of the molecule is CN=CC(=C(N)c1ccc(OCc2nc(C(=O)OC)c3ccccc3n2)cc1)c1ccncc1. The summed E-state index contributed by atoms with van der Waals surface area (Å²) in [5.74, 6) is 0.469. The fourth-order valence-corrected chi connectivity index (χ4v) is 3.44. The van der Waals surface area contributed by atoms with Crippen LogP contribution in [-0.2, 0) is 11.3 Å². The molecule has 8 heteroatoms. The Morgan fingerprint density at radius 1 is 1.00 bits per heavy atom. The van der Waals surface area contributed by atoms with E-state index in [-0.39, 0.29) is 12.3 Å². The van der Waals surface area contributed by atoms with Crippen LogP contribution in [0.4, 0.5) is 0 Å². The van der Waals surface area contributed by atoms with E-state index in [9.17, 15) is 4.79 Å². The van der Waals surface area contributed by atoms with Gasteiger partial charge in [-0.05, 0) is 53.6 Å². The van der Waals surface area contributed by atoms with E-state index in [0.717, 1.165) is 16.7 Å². The molecule has 0 aliphatic rings. The number of esters is 1. The Kier molecular flexibility index (Phi) is 6.88. The highest BCUT2D eigenvalue weighted by atomic mass is 16.5. The summed E-state index contributed by atoms with van der Waals surface area (Å²) in [6, 6.07) is 18.4. The monoisotopic (exact) mass is 453 g/mol. The molecule has 0 saturated carbocycles. The lowest BCUT2D eigenvalue weighted by Gasteiger charge is -2.11. The standard InChI is InChI=1S/C26H23N5O3/c1-28-15-21(17-11-13-29-14-12-17)24(27)18-7-9-19(10-8-18)34-16-23-30-22-6-4-3-5-20(22)25(31-23)26(32)33-2/h3-15H,16,27H2,1-2H3. The molecule has 8 nitrogen and oxygen atoms in total. The topological polar surface area (TPSA) is 113 Å². The van der Waals surface area contributed by atoms with Gasteiger partial charge in [0.1, 0.15) is 12.4 Å². The van der Waals surface area contributed by atoms with E-state index in [4.69, 9.17) is 15.2 Å². The van der Waals surface area contributed by atoms with Crippen molar-refractivity contribution in [1.29, 1.82) is 0 Å². The van der Waals surface area contributed by atoms with Gasteiger partial charge in [0.15, 0.2) is 11.5 Å². The summed E-state index contributed by atoms with van der Waals surface area (Å²) < 4.78 is 10.7. The molecule has 4 aromatic rings. The van der Waals surface area contributed by atoms with Crippen LogP contribution in [0.25, 0.3) is 22.2 Å². The van der Waals surface area contributed by atoms with E-state index >= 15 is 0 Å². The van der Waals surface area contributed by atoms with Gasteiger partial charge in [-0.1, -0.05) is 18.2 Å². The third-order valence-electron chi connectivity index (χ3n) is 5.10. The molecular formula is C26H23N5O3. The van der Waals surface area contributed by atoms with E-state index in [1.165, 1.54) is 7.11 Å². The van der Waals surface area contributed by atoms with Crippen LogP contribution in [0.15, 0.2) is 78.0 Å². The van der Waals surface area contributed by atoms with Gasteiger partial charge in [0, 0.05) is 42.3 Å². The van der Waals surface area contributed by atoms with Gasteiger partial charge in [-0.3, -0.25) is 9.98 Å². The Morgan fingerprint density at radius 2 is 1.74 bits per heavy atom. The van der Waals surface area contributed by atoms with Crippen molar-refractivity contribution in [2.24, 2.45) is 10.7 Å². The van der Waals surface area contributed by atoms with Gasteiger partial charge in [0.2, 0.25) is 0 Å². The molecule has 0 bridgehead atoms. The summed E-state index contributed by atoms with van der Waals surface area (Å²) in [4.78, 5) is 29.2. The predicted octanol–water partition coefficient (Wildman–Crippen LogP) is 3.92. The lowest BCUT2D eigenvalue weighted by atomic mass is 10.0. The maximum atomic E-state index is 12.2. The molecule has 2 heterocycles. The van der Waals surface area contributed by atoms with Crippen molar-refractivity contribution in [3.8, 4) is 5.75 Å². The fraction of sp³-hybridized carbons (Fsp3) is 0.115. The van der Waals surface area contributed by atoms with Crippen LogP contribution in [0.1, 0.15) is 27.4 Å². The number of nitrogens with two attached hydrogens (primary N) is 1. The quantitative estimate of drug-likeness (QED) is 0.333. The average Bonchev–Trinajstić information content (AvgIpc) is 2.90. The van der Waals surface area contributed by atoms with Crippen molar-refractivity contribution in [2.45, 2.75) is 6.61 Å². The molecule has 0 aliphatic heterocycles. The van der Waals surface area contributed by atoms with E-state index < -0.39 is 5.97 Å². The first kappa shape index (κ1) is 22.6. The minimum absolute atomic E-state index is 0.0876. The molecule has 2 aromatic carbocycles. The van der Waals surface area contributed by atoms with Crippen molar-refractivity contribution < 1.29 is 14.3 Å². The number of ether oxygens (including phenoxy) is 2. The number of hydrogen-bond acceptors (Lipinski definition) is 8. The van der Waals surface area contributed by atoms with Crippen LogP contribution in [0.5, 0.6) is 5.75 Å². The van der Waals surface area contributed by atoms with Gasteiger partial charge in [0.25, 0.3) is 0 Å². The molecule has 0 amide bonds. The molecule has 0 aliphatic carbocycles. The second kappa shape index (κ2) is 10.4. The molecule has 0 spiro atoms. The zero-order chi connectivity index (χ0) is 23.9. The summed E-state index contributed by atoms with van der Waals surface area (Å²) in [6.07, 6.45) is 5.15. The maximum absolute atomic E-state index is 12.2. The highest BCUT2D eigenvalue weighted by molar-refractivity contribution is 6.18. The minimum atomic E-state index is -0.521. The van der Waals surface area contributed by atoms with Gasteiger partial charge in [-0.15, -0.1) is 0 Å². The van der Waals surface area contributed by atoms with E-state index in [1.807, 2.05) is 54.6 Å². The number of aliphatic imine (C=N–C) groups is 1. The number of rotatable bonds is 7. The summed E-state index contributed by atoms with van der Waals surface area (Å²) in [5, 5.41) is 0.630. The van der Waals surface area contributed by atoms with Crippen LogP contribution in [0.2, 0.25) is 0 Å². The fourth-order valence-electron chi connectivity index (χ4n) is 3.44. The molecule has 34 heavy (non-hydrogen) atoms. The number of nitrogens with zero attached hydrogens (tertiary/aromatic N) is 4. The normalized spacial score (nSPS) is 11.9. The second-order valence-electron chi connectivity index (χ2n) is 7.26. The zero-order valence-electron chi connectivity index (χ0n) is 18.8. The lowest BCUT2D eigenvalue weighted by Crippen LogP contribution is -2.11. The second-order valence-corrected chi connectivity index (χ2v) is 7.26. The van der Waals surface area contributed by atoms with Crippen LogP contribution >= 0.6 is 0 Å². The Morgan fingerprint density at radius 3 is 2.44 bits per heavy atom. The molecule has 2 aromatic heterocycles. The van der Waals surface area contributed by atoms with Crippen molar-refractivity contribution in [1.82, 2.24) is 15.0 Å². The highest BCUT2D eigenvalue weighted by Gasteiger charge is 2.15. The molecule has 0 atom stereocenters.